The molecule has 6 nitrogen and oxygen atoms in total. The summed E-state index contributed by atoms with van der Waals surface area (Å²) in [5.74, 6) is -0.190. The molecular formula is C19H23N3O3S. The SMILES string of the molecule is Cc1c(C(=O)N2CCS(=O)(=O)c3ccccc3C2)cnn1C1CCCC1. The molecule has 1 fully saturated rings. The molecule has 0 unspecified atom stereocenters. The molecule has 2 aromatic rings. The van der Waals surface area contributed by atoms with E-state index in [2.05, 4.69) is 5.10 Å². The maximum Gasteiger partial charge on any atom is 0.257 e. The highest BCUT2D eigenvalue weighted by atomic mass is 32.2. The summed E-state index contributed by atoms with van der Waals surface area (Å²) in [5.41, 5.74) is 2.13. The van der Waals surface area contributed by atoms with E-state index in [1.807, 2.05) is 17.7 Å². The number of aromatic nitrogens is 2. The van der Waals surface area contributed by atoms with Crippen molar-refractivity contribution < 1.29 is 13.2 Å². The number of hydrogen-bond donors (Lipinski definition) is 0. The maximum absolute atomic E-state index is 13.1. The van der Waals surface area contributed by atoms with Crippen LogP contribution in [0.3, 0.4) is 0 Å². The van der Waals surface area contributed by atoms with Crippen LogP contribution in [0.1, 0.15) is 53.3 Å². The van der Waals surface area contributed by atoms with Crippen molar-refractivity contribution >= 4 is 15.7 Å². The van der Waals surface area contributed by atoms with Crippen LogP contribution < -0.4 is 0 Å². The zero-order chi connectivity index (χ0) is 18.3. The molecule has 26 heavy (non-hydrogen) atoms. The fourth-order valence-electron chi connectivity index (χ4n) is 4.06. The molecule has 1 amide bonds. The minimum absolute atomic E-state index is 0.0500. The van der Waals surface area contributed by atoms with Crippen molar-refractivity contribution in [1.29, 1.82) is 0 Å². The molecule has 0 atom stereocenters. The van der Waals surface area contributed by atoms with Gasteiger partial charge in [0, 0.05) is 18.8 Å². The predicted molar refractivity (Wildman–Crippen MR) is 97.7 cm³/mol. The van der Waals surface area contributed by atoms with E-state index < -0.39 is 9.84 Å². The summed E-state index contributed by atoms with van der Waals surface area (Å²) in [5, 5.41) is 4.46. The summed E-state index contributed by atoms with van der Waals surface area (Å²) in [7, 11) is -3.36. The summed E-state index contributed by atoms with van der Waals surface area (Å²) in [6.45, 7) is 2.44. The molecule has 1 saturated carbocycles. The Balaban J connectivity index is 1.63. The molecule has 138 valence electrons. The Hall–Kier alpha value is -2.15. The molecule has 0 saturated heterocycles. The van der Waals surface area contributed by atoms with Gasteiger partial charge in [-0.2, -0.15) is 5.10 Å². The summed E-state index contributed by atoms with van der Waals surface area (Å²) in [6, 6.07) is 7.33. The lowest BCUT2D eigenvalue weighted by atomic mass is 10.1. The molecule has 0 radical (unpaired) electrons. The fourth-order valence-corrected chi connectivity index (χ4v) is 5.56. The van der Waals surface area contributed by atoms with Crippen LogP contribution in [0.2, 0.25) is 0 Å². The minimum Gasteiger partial charge on any atom is -0.333 e. The number of amides is 1. The summed E-state index contributed by atoms with van der Waals surface area (Å²) in [6.07, 6.45) is 6.25. The highest BCUT2D eigenvalue weighted by Gasteiger charge is 2.30. The highest BCUT2D eigenvalue weighted by Crippen LogP contribution is 2.31. The molecule has 1 aliphatic heterocycles. The van der Waals surface area contributed by atoms with Gasteiger partial charge in [-0.1, -0.05) is 31.0 Å². The Kier molecular flexibility index (Phi) is 4.34. The first-order valence-corrected chi connectivity index (χ1v) is 10.8. The quantitative estimate of drug-likeness (QED) is 0.811. The third-order valence-corrected chi connectivity index (χ3v) is 7.32. The number of benzene rings is 1. The number of sulfone groups is 1. The van der Waals surface area contributed by atoms with Crippen molar-refractivity contribution in [2.75, 3.05) is 12.3 Å². The average molecular weight is 373 g/mol. The molecular weight excluding hydrogens is 350 g/mol. The lowest BCUT2D eigenvalue weighted by Crippen LogP contribution is -2.33. The molecule has 0 bridgehead atoms. The molecule has 4 rings (SSSR count). The van der Waals surface area contributed by atoms with Gasteiger partial charge in [-0.05, 0) is 31.4 Å². The Labute approximate surface area is 153 Å². The number of nitrogens with zero attached hydrogens (tertiary/aromatic N) is 3. The Bertz CT molecular complexity index is 943. The van der Waals surface area contributed by atoms with Gasteiger partial charge in [0.1, 0.15) is 0 Å². The van der Waals surface area contributed by atoms with E-state index in [-0.39, 0.29) is 18.2 Å². The average Bonchev–Trinajstić information content (AvgIpc) is 3.25. The van der Waals surface area contributed by atoms with Crippen LogP contribution in [0.25, 0.3) is 0 Å². The van der Waals surface area contributed by atoms with Crippen LogP contribution in [0.15, 0.2) is 35.4 Å². The van der Waals surface area contributed by atoms with Crippen molar-refractivity contribution in [3.63, 3.8) is 0 Å². The fraction of sp³-hybridized carbons (Fsp3) is 0.474. The second kappa shape index (κ2) is 6.54. The first-order valence-electron chi connectivity index (χ1n) is 9.11. The van der Waals surface area contributed by atoms with E-state index in [9.17, 15) is 13.2 Å². The van der Waals surface area contributed by atoms with Crippen LogP contribution in [0.4, 0.5) is 0 Å². The van der Waals surface area contributed by atoms with Gasteiger partial charge in [0.2, 0.25) is 0 Å². The summed E-state index contributed by atoms with van der Waals surface area (Å²) >= 11 is 0. The molecule has 1 aromatic heterocycles. The van der Waals surface area contributed by atoms with E-state index in [1.165, 1.54) is 12.8 Å². The monoisotopic (exact) mass is 373 g/mol. The molecule has 1 aromatic carbocycles. The van der Waals surface area contributed by atoms with Crippen molar-refractivity contribution in [3.05, 3.63) is 47.3 Å². The van der Waals surface area contributed by atoms with E-state index in [1.54, 1.807) is 29.3 Å². The number of hydrogen-bond acceptors (Lipinski definition) is 4. The smallest absolute Gasteiger partial charge is 0.257 e. The van der Waals surface area contributed by atoms with Crippen LogP contribution in [0.5, 0.6) is 0 Å². The Morgan fingerprint density at radius 2 is 1.92 bits per heavy atom. The highest BCUT2D eigenvalue weighted by molar-refractivity contribution is 7.91. The molecule has 2 heterocycles. The molecule has 1 aliphatic carbocycles. The Morgan fingerprint density at radius 1 is 1.19 bits per heavy atom. The first kappa shape index (κ1) is 17.3. The van der Waals surface area contributed by atoms with Crippen molar-refractivity contribution in [3.8, 4) is 0 Å². The largest absolute Gasteiger partial charge is 0.333 e. The van der Waals surface area contributed by atoms with E-state index in [0.29, 0.717) is 28.6 Å². The van der Waals surface area contributed by atoms with Gasteiger partial charge in [-0.15, -0.1) is 0 Å². The van der Waals surface area contributed by atoms with E-state index >= 15 is 0 Å². The topological polar surface area (TPSA) is 72.3 Å². The van der Waals surface area contributed by atoms with Gasteiger partial charge >= 0.3 is 0 Å². The summed E-state index contributed by atoms with van der Waals surface area (Å²) in [4.78, 5) is 15.1. The predicted octanol–water partition coefficient (Wildman–Crippen LogP) is 2.74. The number of fused-ring (bicyclic) bond motifs is 1. The summed E-state index contributed by atoms with van der Waals surface area (Å²) < 4.78 is 27.0. The van der Waals surface area contributed by atoms with Crippen LogP contribution in [0, 0.1) is 6.92 Å². The Morgan fingerprint density at radius 3 is 2.69 bits per heavy atom. The first-order chi connectivity index (χ1) is 12.5. The van der Waals surface area contributed by atoms with Gasteiger partial charge in [0.05, 0.1) is 28.5 Å². The van der Waals surface area contributed by atoms with Gasteiger partial charge in [-0.25, -0.2) is 8.42 Å². The van der Waals surface area contributed by atoms with Crippen LogP contribution in [-0.4, -0.2) is 41.3 Å². The molecule has 0 N–H and O–H groups in total. The van der Waals surface area contributed by atoms with Crippen molar-refractivity contribution in [1.82, 2.24) is 14.7 Å². The minimum atomic E-state index is -3.36. The van der Waals surface area contributed by atoms with Crippen molar-refractivity contribution in [2.45, 2.75) is 50.1 Å². The molecule has 7 heteroatoms. The van der Waals surface area contributed by atoms with Gasteiger partial charge in [0.25, 0.3) is 5.91 Å². The third-order valence-electron chi connectivity index (χ3n) is 5.53. The second-order valence-electron chi connectivity index (χ2n) is 7.18. The number of rotatable bonds is 2. The molecule has 2 aliphatic rings. The lowest BCUT2D eigenvalue weighted by molar-refractivity contribution is 0.0753. The van der Waals surface area contributed by atoms with E-state index in [4.69, 9.17) is 0 Å². The third kappa shape index (κ3) is 2.94. The zero-order valence-electron chi connectivity index (χ0n) is 14.9. The molecule has 0 spiro atoms. The van der Waals surface area contributed by atoms with Gasteiger partial charge in [0.15, 0.2) is 9.84 Å². The van der Waals surface area contributed by atoms with E-state index in [0.717, 1.165) is 18.5 Å². The standard InChI is InChI=1S/C19H23N3O3S/c1-14-17(12-20-22(14)16-7-3-4-8-16)19(23)21-10-11-26(24,25)18-9-5-2-6-15(18)13-21/h2,5-6,9,12,16H,3-4,7-8,10-11,13H2,1H3. The number of carbonyl (C=O) groups is 1. The second-order valence-corrected chi connectivity index (χ2v) is 9.26. The lowest BCUT2D eigenvalue weighted by Gasteiger charge is -2.20. The van der Waals surface area contributed by atoms with Crippen LogP contribution >= 0.6 is 0 Å². The number of carbonyl (C=O) groups excluding carboxylic acids is 1. The maximum atomic E-state index is 13.1. The van der Waals surface area contributed by atoms with Crippen LogP contribution in [-0.2, 0) is 16.4 Å². The van der Waals surface area contributed by atoms with Crippen molar-refractivity contribution in [2.24, 2.45) is 0 Å². The normalized spacial score (nSPS) is 20.0. The van der Waals surface area contributed by atoms with Gasteiger partial charge in [-0.3, -0.25) is 9.48 Å². The zero-order valence-corrected chi connectivity index (χ0v) is 15.7. The van der Waals surface area contributed by atoms with Gasteiger partial charge < -0.3 is 4.90 Å².